The number of thiophene rings is 1. The Morgan fingerprint density at radius 1 is 1.39 bits per heavy atom. The Labute approximate surface area is 109 Å². The highest BCUT2D eigenvalue weighted by molar-refractivity contribution is 7.21. The maximum atomic E-state index is 12.3. The molecule has 0 saturated heterocycles. The number of benzene rings is 1. The summed E-state index contributed by atoms with van der Waals surface area (Å²) in [6, 6.07) is 8.13. The van der Waals surface area contributed by atoms with Crippen molar-refractivity contribution in [1.82, 2.24) is 9.55 Å². The van der Waals surface area contributed by atoms with E-state index in [2.05, 4.69) is 17.1 Å². The largest absolute Gasteiger partial charge is 0.330 e. The summed E-state index contributed by atoms with van der Waals surface area (Å²) in [5.74, 6) is 0.145. The lowest BCUT2D eigenvalue weighted by molar-refractivity contribution is 0.0975. The first-order valence-electron chi connectivity index (χ1n) is 5.73. The maximum absolute atomic E-state index is 12.3. The van der Waals surface area contributed by atoms with Crippen molar-refractivity contribution in [2.24, 2.45) is 0 Å². The molecule has 2 heterocycles. The van der Waals surface area contributed by atoms with Crippen molar-refractivity contribution in [2.45, 2.75) is 13.5 Å². The molecule has 3 nitrogen and oxygen atoms in total. The molecule has 0 N–H and O–H groups in total. The van der Waals surface area contributed by atoms with Crippen LogP contribution < -0.4 is 0 Å². The van der Waals surface area contributed by atoms with E-state index in [1.54, 1.807) is 34.6 Å². The van der Waals surface area contributed by atoms with Crippen LogP contribution in [0.2, 0.25) is 0 Å². The van der Waals surface area contributed by atoms with Crippen LogP contribution in [0.15, 0.2) is 43.0 Å². The molecule has 2 aromatic heterocycles. The van der Waals surface area contributed by atoms with Crippen LogP contribution in [0.25, 0.3) is 10.1 Å². The normalized spacial score (nSPS) is 10.9. The molecule has 0 aliphatic heterocycles. The fourth-order valence-electron chi connectivity index (χ4n) is 2.06. The highest BCUT2D eigenvalue weighted by atomic mass is 32.1. The molecule has 0 fully saturated rings. The summed E-state index contributed by atoms with van der Waals surface area (Å²) in [7, 11) is 0. The number of carbonyl (C=O) groups excluding carboxylic acids is 1. The SMILES string of the molecule is Cc1c(C(=O)Cn2ccnc2)sc2ccccc12. The lowest BCUT2D eigenvalue weighted by Crippen LogP contribution is -2.08. The minimum Gasteiger partial charge on any atom is -0.330 e. The standard InChI is InChI=1S/C14H12N2OS/c1-10-11-4-2-3-5-13(11)18-14(10)12(17)8-16-7-6-15-9-16/h2-7,9H,8H2,1H3. The maximum Gasteiger partial charge on any atom is 0.192 e. The van der Waals surface area contributed by atoms with Crippen LogP contribution in [0.1, 0.15) is 15.2 Å². The van der Waals surface area contributed by atoms with Crippen molar-refractivity contribution in [3.63, 3.8) is 0 Å². The van der Waals surface area contributed by atoms with Crippen molar-refractivity contribution in [1.29, 1.82) is 0 Å². The molecule has 0 amide bonds. The Morgan fingerprint density at radius 2 is 2.22 bits per heavy atom. The molecule has 4 heteroatoms. The predicted molar refractivity (Wildman–Crippen MR) is 73.1 cm³/mol. The van der Waals surface area contributed by atoms with Crippen LogP contribution in [-0.4, -0.2) is 15.3 Å². The zero-order valence-electron chi connectivity index (χ0n) is 9.96. The van der Waals surface area contributed by atoms with Gasteiger partial charge in [-0.1, -0.05) is 18.2 Å². The molecule has 3 aromatic rings. The molecule has 0 bridgehead atoms. The van der Waals surface area contributed by atoms with Crippen LogP contribution in [-0.2, 0) is 6.54 Å². The molecule has 1 aromatic carbocycles. The second-order valence-corrected chi connectivity index (χ2v) is 5.26. The number of carbonyl (C=O) groups is 1. The molecule has 0 aliphatic rings. The summed E-state index contributed by atoms with van der Waals surface area (Å²) in [6.07, 6.45) is 5.16. The molecule has 0 spiro atoms. The number of hydrogen-bond acceptors (Lipinski definition) is 3. The molecule has 0 aliphatic carbocycles. The molecule has 0 atom stereocenters. The van der Waals surface area contributed by atoms with Gasteiger partial charge in [0.2, 0.25) is 0 Å². The van der Waals surface area contributed by atoms with E-state index < -0.39 is 0 Å². The minimum atomic E-state index is 0.145. The van der Waals surface area contributed by atoms with Crippen molar-refractivity contribution in [3.8, 4) is 0 Å². The second kappa shape index (κ2) is 4.38. The summed E-state index contributed by atoms with van der Waals surface area (Å²) in [5, 5.41) is 1.18. The highest BCUT2D eigenvalue weighted by Gasteiger charge is 2.15. The molecular formula is C14H12N2OS. The number of fused-ring (bicyclic) bond motifs is 1. The van der Waals surface area contributed by atoms with Gasteiger partial charge in [-0.3, -0.25) is 4.79 Å². The number of nitrogens with zero attached hydrogens (tertiary/aromatic N) is 2. The fraction of sp³-hybridized carbons (Fsp3) is 0.143. The summed E-state index contributed by atoms with van der Waals surface area (Å²) >= 11 is 1.57. The monoisotopic (exact) mass is 256 g/mol. The third-order valence-electron chi connectivity index (χ3n) is 2.98. The van der Waals surface area contributed by atoms with E-state index in [-0.39, 0.29) is 5.78 Å². The topological polar surface area (TPSA) is 34.9 Å². The van der Waals surface area contributed by atoms with E-state index in [1.807, 2.05) is 19.1 Å². The van der Waals surface area contributed by atoms with Gasteiger partial charge in [-0.15, -0.1) is 11.3 Å². The lowest BCUT2D eigenvalue weighted by Gasteiger charge is -2.00. The summed E-state index contributed by atoms with van der Waals surface area (Å²) < 4.78 is 2.97. The van der Waals surface area contributed by atoms with E-state index in [0.717, 1.165) is 10.4 Å². The molecule has 3 rings (SSSR count). The molecule has 0 radical (unpaired) electrons. The molecule has 18 heavy (non-hydrogen) atoms. The van der Waals surface area contributed by atoms with E-state index in [9.17, 15) is 4.79 Å². The molecule has 90 valence electrons. The summed E-state index contributed by atoms with van der Waals surface area (Å²) in [5.41, 5.74) is 1.08. The first kappa shape index (κ1) is 11.2. The van der Waals surface area contributed by atoms with Crippen LogP contribution in [0, 0.1) is 6.92 Å². The van der Waals surface area contributed by atoms with Gasteiger partial charge in [-0.2, -0.15) is 0 Å². The van der Waals surface area contributed by atoms with Gasteiger partial charge in [0.25, 0.3) is 0 Å². The first-order chi connectivity index (χ1) is 8.75. The average molecular weight is 256 g/mol. The van der Waals surface area contributed by atoms with E-state index in [0.29, 0.717) is 6.54 Å². The van der Waals surface area contributed by atoms with Crippen LogP contribution >= 0.6 is 11.3 Å². The Balaban J connectivity index is 1.99. The Hall–Kier alpha value is -1.94. The van der Waals surface area contributed by atoms with Gasteiger partial charge in [0.05, 0.1) is 17.7 Å². The van der Waals surface area contributed by atoms with Gasteiger partial charge in [0.1, 0.15) is 0 Å². The third-order valence-corrected chi connectivity index (χ3v) is 4.30. The zero-order chi connectivity index (χ0) is 12.5. The van der Waals surface area contributed by atoms with Crippen molar-refractivity contribution in [2.75, 3.05) is 0 Å². The number of aryl methyl sites for hydroxylation is 1. The number of aromatic nitrogens is 2. The quantitative estimate of drug-likeness (QED) is 0.674. The predicted octanol–water partition coefficient (Wildman–Crippen LogP) is 3.29. The molecule has 0 unspecified atom stereocenters. The van der Waals surface area contributed by atoms with E-state index >= 15 is 0 Å². The fourth-order valence-corrected chi connectivity index (χ4v) is 3.20. The Bertz CT molecular complexity index is 698. The second-order valence-electron chi connectivity index (χ2n) is 4.21. The average Bonchev–Trinajstić information content (AvgIpc) is 2.98. The molecule has 0 saturated carbocycles. The van der Waals surface area contributed by atoms with Crippen LogP contribution in [0.4, 0.5) is 0 Å². The zero-order valence-corrected chi connectivity index (χ0v) is 10.8. The Morgan fingerprint density at radius 3 is 2.94 bits per heavy atom. The van der Waals surface area contributed by atoms with E-state index in [4.69, 9.17) is 0 Å². The summed E-state index contributed by atoms with van der Waals surface area (Å²) in [4.78, 5) is 17.1. The number of Topliss-reactive ketones (excluding diaryl/α,β-unsaturated/α-hetero) is 1. The summed E-state index contributed by atoms with van der Waals surface area (Å²) in [6.45, 7) is 2.37. The van der Waals surface area contributed by atoms with Gasteiger partial charge in [0.15, 0.2) is 5.78 Å². The van der Waals surface area contributed by atoms with Crippen LogP contribution in [0.5, 0.6) is 0 Å². The Kier molecular flexibility index (Phi) is 2.72. The number of hydrogen-bond donors (Lipinski definition) is 0. The van der Waals surface area contributed by atoms with Gasteiger partial charge in [-0.05, 0) is 23.9 Å². The van der Waals surface area contributed by atoms with Gasteiger partial charge >= 0.3 is 0 Å². The number of ketones is 1. The van der Waals surface area contributed by atoms with Crippen molar-refractivity contribution in [3.05, 3.63) is 53.4 Å². The number of imidazole rings is 1. The van der Waals surface area contributed by atoms with Gasteiger partial charge in [-0.25, -0.2) is 4.98 Å². The highest BCUT2D eigenvalue weighted by Crippen LogP contribution is 2.30. The number of rotatable bonds is 3. The lowest BCUT2D eigenvalue weighted by atomic mass is 10.1. The van der Waals surface area contributed by atoms with Crippen LogP contribution in [0.3, 0.4) is 0 Å². The van der Waals surface area contributed by atoms with Crippen molar-refractivity contribution >= 4 is 27.2 Å². The first-order valence-corrected chi connectivity index (χ1v) is 6.54. The van der Waals surface area contributed by atoms with Gasteiger partial charge < -0.3 is 4.57 Å². The van der Waals surface area contributed by atoms with Crippen molar-refractivity contribution < 1.29 is 4.79 Å². The van der Waals surface area contributed by atoms with Gasteiger partial charge in [0, 0.05) is 17.1 Å². The molecular weight excluding hydrogens is 244 g/mol. The van der Waals surface area contributed by atoms with E-state index in [1.165, 1.54) is 10.1 Å². The smallest absolute Gasteiger partial charge is 0.192 e. The third kappa shape index (κ3) is 1.84. The minimum absolute atomic E-state index is 0.145.